The molecule has 0 aromatic heterocycles. The standard InChI is InChI=1S/C11H20NO5/c1-7(13)6-12-10(15)17-8(2)16-9(14)11(3,4)5/h7-8,13H,1,6H2,2-5H3,(H,12,15)/t7-,8?/m0/s1. The lowest BCUT2D eigenvalue weighted by atomic mass is 9.97. The Morgan fingerprint density at radius 1 is 1.35 bits per heavy atom. The topological polar surface area (TPSA) is 84.9 Å². The summed E-state index contributed by atoms with van der Waals surface area (Å²) >= 11 is 0. The van der Waals surface area contributed by atoms with E-state index in [0.717, 1.165) is 0 Å². The lowest BCUT2D eigenvalue weighted by Gasteiger charge is -2.20. The van der Waals surface area contributed by atoms with E-state index in [4.69, 9.17) is 14.6 Å². The van der Waals surface area contributed by atoms with Gasteiger partial charge >= 0.3 is 12.1 Å². The minimum absolute atomic E-state index is 0.0290. The van der Waals surface area contributed by atoms with Crippen molar-refractivity contribution in [2.45, 2.75) is 40.1 Å². The maximum absolute atomic E-state index is 11.4. The third-order valence-corrected chi connectivity index (χ3v) is 1.64. The molecule has 0 saturated carbocycles. The highest BCUT2D eigenvalue weighted by Gasteiger charge is 2.26. The van der Waals surface area contributed by atoms with Gasteiger partial charge in [0.05, 0.1) is 11.5 Å². The van der Waals surface area contributed by atoms with Crippen LogP contribution in [0.2, 0.25) is 0 Å². The minimum Gasteiger partial charge on any atom is -0.425 e. The number of esters is 1. The number of carbonyl (C=O) groups is 2. The van der Waals surface area contributed by atoms with Crippen molar-refractivity contribution in [3.8, 4) is 0 Å². The highest BCUT2D eigenvalue weighted by molar-refractivity contribution is 5.75. The van der Waals surface area contributed by atoms with E-state index in [1.165, 1.54) is 6.92 Å². The van der Waals surface area contributed by atoms with Crippen molar-refractivity contribution in [3.63, 3.8) is 0 Å². The van der Waals surface area contributed by atoms with Gasteiger partial charge in [-0.05, 0) is 27.7 Å². The van der Waals surface area contributed by atoms with Crippen LogP contribution in [-0.2, 0) is 14.3 Å². The summed E-state index contributed by atoms with van der Waals surface area (Å²) in [7, 11) is 0. The van der Waals surface area contributed by atoms with Gasteiger partial charge in [0, 0.05) is 13.5 Å². The van der Waals surface area contributed by atoms with Gasteiger partial charge in [0.25, 0.3) is 0 Å². The summed E-state index contributed by atoms with van der Waals surface area (Å²) in [6.45, 7) is 9.76. The molecule has 0 saturated heterocycles. The molecule has 0 fully saturated rings. The highest BCUT2D eigenvalue weighted by Crippen LogP contribution is 2.16. The van der Waals surface area contributed by atoms with Crippen LogP contribution in [0.5, 0.6) is 0 Å². The van der Waals surface area contributed by atoms with E-state index in [0.29, 0.717) is 0 Å². The van der Waals surface area contributed by atoms with Gasteiger partial charge in [-0.1, -0.05) is 0 Å². The van der Waals surface area contributed by atoms with E-state index < -0.39 is 29.9 Å². The van der Waals surface area contributed by atoms with Gasteiger partial charge in [-0.15, -0.1) is 0 Å². The molecular weight excluding hydrogens is 226 g/mol. The Kier molecular flexibility index (Phi) is 5.95. The lowest BCUT2D eigenvalue weighted by Crippen LogP contribution is -2.35. The average molecular weight is 246 g/mol. The largest absolute Gasteiger partial charge is 0.425 e. The number of nitrogens with one attached hydrogen (secondary N) is 1. The SMILES string of the molecule is [CH2][C@H](O)CNC(=O)OC(C)OC(=O)C(C)(C)C. The molecule has 6 heteroatoms. The Balaban J connectivity index is 3.98. The Labute approximate surface area is 101 Å². The van der Waals surface area contributed by atoms with Gasteiger partial charge < -0.3 is 19.9 Å². The average Bonchev–Trinajstić information content (AvgIpc) is 2.12. The first-order valence-electron chi connectivity index (χ1n) is 5.29. The van der Waals surface area contributed by atoms with Crippen LogP contribution < -0.4 is 5.32 Å². The predicted octanol–water partition coefficient (Wildman–Crippen LogP) is 0.843. The fourth-order valence-electron chi connectivity index (χ4n) is 0.745. The van der Waals surface area contributed by atoms with Crippen molar-refractivity contribution < 1.29 is 24.2 Å². The summed E-state index contributed by atoms with van der Waals surface area (Å²) in [6.07, 6.45) is -2.67. The van der Waals surface area contributed by atoms with Crippen LogP contribution in [0.3, 0.4) is 0 Å². The molecule has 0 aliphatic rings. The fraction of sp³-hybridized carbons (Fsp3) is 0.727. The zero-order valence-electron chi connectivity index (χ0n) is 10.6. The van der Waals surface area contributed by atoms with Gasteiger partial charge in [-0.2, -0.15) is 0 Å². The molecule has 99 valence electrons. The normalized spacial score (nSPS) is 14.7. The van der Waals surface area contributed by atoms with Gasteiger partial charge in [0.15, 0.2) is 0 Å². The molecule has 2 N–H and O–H groups in total. The highest BCUT2D eigenvalue weighted by atomic mass is 16.7. The second kappa shape index (κ2) is 6.44. The molecule has 17 heavy (non-hydrogen) atoms. The van der Waals surface area contributed by atoms with Crippen molar-refractivity contribution in [3.05, 3.63) is 6.92 Å². The molecule has 0 aliphatic carbocycles. The molecule has 0 aromatic rings. The van der Waals surface area contributed by atoms with Crippen molar-refractivity contribution in [1.29, 1.82) is 0 Å². The Hall–Kier alpha value is -1.30. The number of aliphatic hydroxyl groups excluding tert-OH is 1. The van der Waals surface area contributed by atoms with Crippen LogP contribution in [0.15, 0.2) is 0 Å². The number of ether oxygens (including phenoxy) is 2. The summed E-state index contributed by atoms with van der Waals surface area (Å²) in [4.78, 5) is 22.6. The van der Waals surface area contributed by atoms with Crippen LogP contribution in [0.4, 0.5) is 4.79 Å². The molecule has 0 rings (SSSR count). The molecule has 2 atom stereocenters. The van der Waals surface area contributed by atoms with E-state index in [1.807, 2.05) is 0 Å². The van der Waals surface area contributed by atoms with Crippen LogP contribution in [-0.4, -0.2) is 36.1 Å². The summed E-state index contributed by atoms with van der Waals surface area (Å²) in [5.74, 6) is -0.463. The number of carbonyl (C=O) groups excluding carboxylic acids is 2. The second-order valence-corrected chi connectivity index (χ2v) is 4.66. The molecule has 0 aliphatic heterocycles. The van der Waals surface area contributed by atoms with Gasteiger partial charge in [0.2, 0.25) is 6.29 Å². The first-order valence-corrected chi connectivity index (χ1v) is 5.29. The molecular formula is C11H20NO5. The monoisotopic (exact) mass is 246 g/mol. The molecule has 0 heterocycles. The third kappa shape index (κ3) is 7.57. The quantitative estimate of drug-likeness (QED) is 0.567. The number of aliphatic hydroxyl groups is 1. The second-order valence-electron chi connectivity index (χ2n) is 4.66. The van der Waals surface area contributed by atoms with E-state index in [1.54, 1.807) is 20.8 Å². The van der Waals surface area contributed by atoms with Crippen molar-refractivity contribution in [1.82, 2.24) is 5.32 Å². The number of rotatable bonds is 4. The number of hydrogen-bond acceptors (Lipinski definition) is 5. The van der Waals surface area contributed by atoms with Crippen molar-refractivity contribution in [2.24, 2.45) is 5.41 Å². The Bertz CT molecular complexity index is 270. The third-order valence-electron chi connectivity index (χ3n) is 1.64. The number of alkyl carbamates (subject to hydrolysis) is 1. The van der Waals surface area contributed by atoms with Crippen LogP contribution >= 0.6 is 0 Å². The van der Waals surface area contributed by atoms with Crippen LogP contribution in [0, 0.1) is 12.3 Å². The molecule has 0 aromatic carbocycles. The summed E-state index contributed by atoms with van der Waals surface area (Å²) < 4.78 is 9.63. The molecule has 1 radical (unpaired) electrons. The zero-order valence-corrected chi connectivity index (χ0v) is 10.6. The van der Waals surface area contributed by atoms with Gasteiger partial charge in [0.1, 0.15) is 0 Å². The van der Waals surface area contributed by atoms with Crippen LogP contribution in [0.25, 0.3) is 0 Å². The molecule has 0 bridgehead atoms. The Morgan fingerprint density at radius 2 is 1.88 bits per heavy atom. The summed E-state index contributed by atoms with van der Waals surface area (Å²) in [5.41, 5.74) is -0.655. The summed E-state index contributed by atoms with van der Waals surface area (Å²) in [5, 5.41) is 11.1. The van der Waals surface area contributed by atoms with Crippen LogP contribution in [0.1, 0.15) is 27.7 Å². The lowest BCUT2D eigenvalue weighted by molar-refractivity contribution is -0.174. The fourth-order valence-corrected chi connectivity index (χ4v) is 0.745. The molecule has 6 nitrogen and oxygen atoms in total. The first-order chi connectivity index (χ1) is 7.62. The van der Waals surface area contributed by atoms with E-state index in [9.17, 15) is 9.59 Å². The van der Waals surface area contributed by atoms with Crippen molar-refractivity contribution in [2.75, 3.05) is 6.54 Å². The molecule has 1 unspecified atom stereocenters. The first kappa shape index (κ1) is 15.7. The zero-order chi connectivity index (χ0) is 13.6. The van der Waals surface area contributed by atoms with E-state index >= 15 is 0 Å². The predicted molar refractivity (Wildman–Crippen MR) is 60.9 cm³/mol. The molecule has 0 spiro atoms. The Morgan fingerprint density at radius 3 is 2.29 bits per heavy atom. The number of hydrogen-bond donors (Lipinski definition) is 2. The number of amides is 1. The molecule has 1 amide bonds. The maximum Gasteiger partial charge on any atom is 0.410 e. The smallest absolute Gasteiger partial charge is 0.410 e. The maximum atomic E-state index is 11.4. The minimum atomic E-state index is -0.983. The summed E-state index contributed by atoms with van der Waals surface area (Å²) in [6, 6.07) is 0. The van der Waals surface area contributed by atoms with Gasteiger partial charge in [-0.25, -0.2) is 4.79 Å². The van der Waals surface area contributed by atoms with Crippen molar-refractivity contribution >= 4 is 12.1 Å². The van der Waals surface area contributed by atoms with E-state index in [-0.39, 0.29) is 6.54 Å². The van der Waals surface area contributed by atoms with E-state index in [2.05, 4.69) is 12.2 Å². The van der Waals surface area contributed by atoms with Gasteiger partial charge in [-0.3, -0.25) is 4.79 Å².